The smallest absolute Gasteiger partial charge is 0.137 e. The molecule has 1 heterocycles. The zero-order valence-electron chi connectivity index (χ0n) is 11.7. The summed E-state index contributed by atoms with van der Waals surface area (Å²) in [6.07, 6.45) is 0.747. The number of nitrogens with zero attached hydrogens (tertiary/aromatic N) is 1. The summed E-state index contributed by atoms with van der Waals surface area (Å²) in [7, 11) is 0. The molecule has 1 aromatic carbocycles. The Morgan fingerprint density at radius 3 is 2.58 bits per heavy atom. The van der Waals surface area contributed by atoms with Crippen molar-refractivity contribution in [3.05, 3.63) is 28.2 Å². The quantitative estimate of drug-likeness (QED) is 0.824. The van der Waals surface area contributed by atoms with Gasteiger partial charge in [0.1, 0.15) is 23.5 Å². The summed E-state index contributed by atoms with van der Waals surface area (Å²) in [5.41, 5.74) is -0.0190. The molecular formula is C15H18BrNO2. The van der Waals surface area contributed by atoms with Gasteiger partial charge in [-0.3, -0.25) is 0 Å². The summed E-state index contributed by atoms with van der Waals surface area (Å²) in [4.78, 5) is 0. The van der Waals surface area contributed by atoms with Crippen molar-refractivity contribution < 1.29 is 9.47 Å². The van der Waals surface area contributed by atoms with E-state index in [4.69, 9.17) is 14.7 Å². The van der Waals surface area contributed by atoms with Crippen LogP contribution in [-0.2, 0) is 4.74 Å². The molecule has 0 saturated carbocycles. The SMILES string of the molecule is CC1(C)CC(Oc2ccc(Br)cc2C#N)C(C)(C)O1. The molecule has 1 atom stereocenters. The van der Waals surface area contributed by atoms with Gasteiger partial charge in [-0.2, -0.15) is 5.26 Å². The van der Waals surface area contributed by atoms with Gasteiger partial charge < -0.3 is 9.47 Å². The van der Waals surface area contributed by atoms with Crippen LogP contribution < -0.4 is 4.74 Å². The van der Waals surface area contributed by atoms with Gasteiger partial charge in [0.25, 0.3) is 0 Å². The third-order valence-corrected chi connectivity index (χ3v) is 3.82. The zero-order valence-corrected chi connectivity index (χ0v) is 13.2. The predicted octanol–water partition coefficient (Wildman–Crippen LogP) is 4.05. The fraction of sp³-hybridized carbons (Fsp3) is 0.533. The number of halogens is 1. The molecule has 1 unspecified atom stereocenters. The molecular weight excluding hydrogens is 306 g/mol. The molecule has 2 rings (SSSR count). The first-order chi connectivity index (χ1) is 8.73. The normalized spacial score (nSPS) is 23.9. The van der Waals surface area contributed by atoms with Crippen molar-refractivity contribution in [1.82, 2.24) is 0 Å². The van der Waals surface area contributed by atoms with Gasteiger partial charge in [0.05, 0.1) is 11.2 Å². The Hall–Kier alpha value is -1.05. The van der Waals surface area contributed by atoms with Crippen molar-refractivity contribution in [3.8, 4) is 11.8 Å². The van der Waals surface area contributed by atoms with Crippen LogP contribution in [0.2, 0.25) is 0 Å². The third-order valence-electron chi connectivity index (χ3n) is 3.32. The van der Waals surface area contributed by atoms with Crippen LogP contribution in [0.15, 0.2) is 22.7 Å². The molecule has 0 bridgehead atoms. The highest BCUT2D eigenvalue weighted by Crippen LogP contribution is 2.40. The van der Waals surface area contributed by atoms with Crippen molar-refractivity contribution in [2.75, 3.05) is 0 Å². The lowest BCUT2D eigenvalue weighted by Gasteiger charge is -2.27. The number of nitriles is 1. The summed E-state index contributed by atoms with van der Waals surface area (Å²) in [6, 6.07) is 7.63. The molecule has 1 saturated heterocycles. The Kier molecular flexibility index (Phi) is 3.63. The molecule has 0 aromatic heterocycles. The largest absolute Gasteiger partial charge is 0.486 e. The molecule has 4 heteroatoms. The van der Waals surface area contributed by atoms with Gasteiger partial charge in [-0.1, -0.05) is 15.9 Å². The maximum atomic E-state index is 9.17. The lowest BCUT2D eigenvalue weighted by atomic mass is 9.97. The minimum Gasteiger partial charge on any atom is -0.486 e. The molecule has 0 N–H and O–H groups in total. The first kappa shape index (κ1) is 14.4. The Balaban J connectivity index is 2.25. The first-order valence-corrected chi connectivity index (χ1v) is 7.09. The van der Waals surface area contributed by atoms with Gasteiger partial charge >= 0.3 is 0 Å². The van der Waals surface area contributed by atoms with Crippen LogP contribution in [0.5, 0.6) is 5.75 Å². The Labute approximate surface area is 122 Å². The molecule has 0 radical (unpaired) electrons. The molecule has 0 aliphatic carbocycles. The molecule has 1 aliphatic rings. The highest BCUT2D eigenvalue weighted by Gasteiger charge is 2.47. The van der Waals surface area contributed by atoms with Crippen molar-refractivity contribution in [1.29, 1.82) is 5.26 Å². The second kappa shape index (κ2) is 4.81. The minimum absolute atomic E-state index is 0.0595. The minimum atomic E-state index is -0.358. The number of hydrogen-bond acceptors (Lipinski definition) is 3. The molecule has 1 fully saturated rings. The summed E-state index contributed by atoms with van der Waals surface area (Å²) in [6.45, 7) is 8.17. The number of benzene rings is 1. The maximum Gasteiger partial charge on any atom is 0.137 e. The predicted molar refractivity (Wildman–Crippen MR) is 77.1 cm³/mol. The van der Waals surface area contributed by atoms with E-state index in [2.05, 4.69) is 35.8 Å². The Morgan fingerprint density at radius 1 is 1.37 bits per heavy atom. The zero-order chi connectivity index (χ0) is 14.3. The first-order valence-electron chi connectivity index (χ1n) is 6.30. The second-order valence-electron chi connectivity index (χ2n) is 6.03. The van der Waals surface area contributed by atoms with E-state index in [0.717, 1.165) is 10.9 Å². The average molecular weight is 324 g/mol. The monoisotopic (exact) mass is 323 g/mol. The van der Waals surface area contributed by atoms with Crippen LogP contribution in [0.4, 0.5) is 0 Å². The fourth-order valence-corrected chi connectivity index (χ4v) is 2.90. The van der Waals surface area contributed by atoms with Crippen molar-refractivity contribution in [2.45, 2.75) is 51.4 Å². The van der Waals surface area contributed by atoms with Gasteiger partial charge in [0.2, 0.25) is 0 Å². The van der Waals surface area contributed by atoms with Crippen LogP contribution in [0, 0.1) is 11.3 Å². The summed E-state index contributed by atoms with van der Waals surface area (Å²) >= 11 is 3.36. The van der Waals surface area contributed by atoms with E-state index in [1.54, 1.807) is 6.07 Å². The van der Waals surface area contributed by atoms with E-state index in [1.165, 1.54) is 0 Å². The van der Waals surface area contributed by atoms with E-state index in [1.807, 2.05) is 26.0 Å². The molecule has 102 valence electrons. The van der Waals surface area contributed by atoms with Crippen molar-refractivity contribution in [2.24, 2.45) is 0 Å². The lowest BCUT2D eigenvalue weighted by Crippen LogP contribution is -2.36. The molecule has 3 nitrogen and oxygen atoms in total. The summed E-state index contributed by atoms with van der Waals surface area (Å²) in [5.74, 6) is 0.616. The lowest BCUT2D eigenvalue weighted by molar-refractivity contribution is -0.0846. The van der Waals surface area contributed by atoms with Gasteiger partial charge in [-0.05, 0) is 45.9 Å². The topological polar surface area (TPSA) is 42.2 Å². The third kappa shape index (κ3) is 3.10. The fourth-order valence-electron chi connectivity index (χ4n) is 2.54. The van der Waals surface area contributed by atoms with E-state index < -0.39 is 0 Å². The molecule has 0 amide bonds. The molecule has 1 aliphatic heterocycles. The van der Waals surface area contributed by atoms with E-state index in [9.17, 15) is 0 Å². The molecule has 19 heavy (non-hydrogen) atoms. The van der Waals surface area contributed by atoms with Gasteiger partial charge in [-0.15, -0.1) is 0 Å². The van der Waals surface area contributed by atoms with Crippen LogP contribution in [-0.4, -0.2) is 17.3 Å². The second-order valence-corrected chi connectivity index (χ2v) is 6.94. The summed E-state index contributed by atoms with van der Waals surface area (Å²) < 4.78 is 12.9. The van der Waals surface area contributed by atoms with Crippen LogP contribution in [0.25, 0.3) is 0 Å². The van der Waals surface area contributed by atoms with Crippen molar-refractivity contribution in [3.63, 3.8) is 0 Å². The van der Waals surface area contributed by atoms with E-state index in [-0.39, 0.29) is 17.3 Å². The van der Waals surface area contributed by atoms with Crippen LogP contribution in [0.3, 0.4) is 0 Å². The molecule has 0 spiro atoms. The van der Waals surface area contributed by atoms with E-state index in [0.29, 0.717) is 11.3 Å². The maximum absolute atomic E-state index is 9.17. The summed E-state index contributed by atoms with van der Waals surface area (Å²) in [5, 5.41) is 9.17. The van der Waals surface area contributed by atoms with Gasteiger partial charge in [0, 0.05) is 10.9 Å². The van der Waals surface area contributed by atoms with Gasteiger partial charge in [-0.25, -0.2) is 0 Å². The van der Waals surface area contributed by atoms with E-state index >= 15 is 0 Å². The van der Waals surface area contributed by atoms with Crippen molar-refractivity contribution >= 4 is 15.9 Å². The number of ether oxygens (including phenoxy) is 2. The Morgan fingerprint density at radius 2 is 2.05 bits per heavy atom. The highest BCUT2D eigenvalue weighted by molar-refractivity contribution is 9.10. The molecule has 1 aromatic rings. The number of rotatable bonds is 2. The average Bonchev–Trinajstić information content (AvgIpc) is 2.49. The van der Waals surface area contributed by atoms with Crippen LogP contribution >= 0.6 is 15.9 Å². The highest BCUT2D eigenvalue weighted by atomic mass is 79.9. The number of hydrogen-bond donors (Lipinski definition) is 0. The van der Waals surface area contributed by atoms with Gasteiger partial charge in [0.15, 0.2) is 0 Å². The Bertz CT molecular complexity index is 531. The van der Waals surface area contributed by atoms with Crippen LogP contribution in [0.1, 0.15) is 39.7 Å². The standard InChI is InChI=1S/C15H18BrNO2/c1-14(2)8-13(15(3,4)19-14)18-12-6-5-11(16)7-10(12)9-17/h5-7,13H,8H2,1-4H3.